The molecule has 7 nitrogen and oxygen atoms in total. The largest absolute Gasteiger partial charge is 0.471 e. The number of carbonyl (C=O) groups is 1. The number of hydrogen-bond donors (Lipinski definition) is 1. The van der Waals surface area contributed by atoms with Crippen LogP contribution in [0.5, 0.6) is 5.75 Å². The highest BCUT2D eigenvalue weighted by Gasteiger charge is 2.13. The first-order chi connectivity index (χ1) is 13.4. The van der Waals surface area contributed by atoms with Crippen molar-refractivity contribution >= 4 is 29.1 Å². The molecular formula is C19H21Cl2N5O2. The minimum Gasteiger partial charge on any atom is -0.471 e. The number of benzene rings is 1. The highest BCUT2D eigenvalue weighted by atomic mass is 35.5. The predicted octanol–water partition coefficient (Wildman–Crippen LogP) is 3.99. The third-order valence-corrected chi connectivity index (χ3v) is 5.17. The number of halogens is 2. The molecule has 0 atom stereocenters. The first-order valence-electron chi connectivity index (χ1n) is 8.80. The second-order valence-corrected chi connectivity index (χ2v) is 7.11. The molecule has 28 heavy (non-hydrogen) atoms. The standard InChI is InChI=1S/C19H21Cl2N5O2/c1-4-26-17(15(20)9-23-26)10-22-19(27)16-5-6-25(24-16)11-28-14-7-12(2)18(21)13(3)8-14/h5-9H,4,10-11H2,1-3H3,(H,22,27). The van der Waals surface area contributed by atoms with Crippen molar-refractivity contribution in [3.8, 4) is 5.75 Å². The molecule has 0 spiro atoms. The molecule has 0 bridgehead atoms. The molecule has 0 saturated carbocycles. The molecule has 1 N–H and O–H groups in total. The molecule has 0 aliphatic heterocycles. The number of aryl methyl sites for hydroxylation is 3. The van der Waals surface area contributed by atoms with E-state index in [9.17, 15) is 4.79 Å². The number of amides is 1. The fourth-order valence-corrected chi connectivity index (χ4v) is 3.09. The van der Waals surface area contributed by atoms with Gasteiger partial charge < -0.3 is 10.1 Å². The third-order valence-electron chi connectivity index (χ3n) is 4.26. The van der Waals surface area contributed by atoms with Crippen molar-refractivity contribution < 1.29 is 9.53 Å². The van der Waals surface area contributed by atoms with E-state index in [4.69, 9.17) is 27.9 Å². The fraction of sp³-hybridized carbons (Fsp3) is 0.316. The van der Waals surface area contributed by atoms with Crippen molar-refractivity contribution in [3.05, 3.63) is 63.2 Å². The maximum absolute atomic E-state index is 12.3. The Hall–Kier alpha value is -2.51. The Morgan fingerprint density at radius 1 is 1.25 bits per heavy atom. The van der Waals surface area contributed by atoms with Crippen LogP contribution < -0.4 is 10.1 Å². The number of carbonyl (C=O) groups excluding carboxylic acids is 1. The van der Waals surface area contributed by atoms with Gasteiger partial charge in [-0.2, -0.15) is 10.2 Å². The highest BCUT2D eigenvalue weighted by molar-refractivity contribution is 6.32. The van der Waals surface area contributed by atoms with Crippen LogP contribution in [0.3, 0.4) is 0 Å². The zero-order valence-corrected chi connectivity index (χ0v) is 17.4. The van der Waals surface area contributed by atoms with E-state index >= 15 is 0 Å². The lowest BCUT2D eigenvalue weighted by Crippen LogP contribution is -2.25. The van der Waals surface area contributed by atoms with Gasteiger partial charge in [-0.25, -0.2) is 4.68 Å². The van der Waals surface area contributed by atoms with Gasteiger partial charge in [0.05, 0.1) is 23.5 Å². The van der Waals surface area contributed by atoms with Gasteiger partial charge in [0.2, 0.25) is 0 Å². The predicted molar refractivity (Wildman–Crippen MR) is 108 cm³/mol. The van der Waals surface area contributed by atoms with E-state index in [2.05, 4.69) is 15.5 Å². The summed E-state index contributed by atoms with van der Waals surface area (Å²) in [6.07, 6.45) is 3.26. The third kappa shape index (κ3) is 4.48. The molecule has 1 amide bonds. The summed E-state index contributed by atoms with van der Waals surface area (Å²) in [5, 5.41) is 12.5. The maximum Gasteiger partial charge on any atom is 0.272 e. The topological polar surface area (TPSA) is 74.0 Å². The van der Waals surface area contributed by atoms with E-state index in [0.717, 1.165) is 21.8 Å². The van der Waals surface area contributed by atoms with Gasteiger partial charge in [-0.1, -0.05) is 23.2 Å². The van der Waals surface area contributed by atoms with Crippen molar-refractivity contribution in [2.75, 3.05) is 0 Å². The number of nitrogens with zero attached hydrogens (tertiary/aromatic N) is 4. The summed E-state index contributed by atoms with van der Waals surface area (Å²) in [5.74, 6) is 0.403. The molecule has 3 aromatic rings. The fourth-order valence-electron chi connectivity index (χ4n) is 2.78. The average Bonchev–Trinajstić information content (AvgIpc) is 3.29. The summed E-state index contributed by atoms with van der Waals surface area (Å²) >= 11 is 12.3. The van der Waals surface area contributed by atoms with Crippen LogP contribution in [0.4, 0.5) is 0 Å². The summed E-state index contributed by atoms with van der Waals surface area (Å²) in [7, 11) is 0. The lowest BCUT2D eigenvalue weighted by atomic mass is 10.1. The second kappa shape index (κ2) is 8.67. The van der Waals surface area contributed by atoms with E-state index in [-0.39, 0.29) is 19.2 Å². The Labute approximate surface area is 173 Å². The molecule has 1 aromatic carbocycles. The van der Waals surface area contributed by atoms with E-state index < -0.39 is 0 Å². The second-order valence-electron chi connectivity index (χ2n) is 6.32. The molecule has 2 heterocycles. The summed E-state index contributed by atoms with van der Waals surface area (Å²) in [6, 6.07) is 5.37. The summed E-state index contributed by atoms with van der Waals surface area (Å²) in [5.41, 5.74) is 2.95. The van der Waals surface area contributed by atoms with Gasteiger partial charge in [0.25, 0.3) is 5.91 Å². The first kappa shape index (κ1) is 20.2. The highest BCUT2D eigenvalue weighted by Crippen LogP contribution is 2.26. The van der Waals surface area contributed by atoms with Gasteiger partial charge in [-0.05, 0) is 50.1 Å². The molecule has 0 aliphatic carbocycles. The van der Waals surface area contributed by atoms with Crippen LogP contribution in [-0.4, -0.2) is 25.5 Å². The number of ether oxygens (including phenoxy) is 1. The van der Waals surface area contributed by atoms with Crippen LogP contribution in [0.1, 0.15) is 34.2 Å². The van der Waals surface area contributed by atoms with Crippen molar-refractivity contribution in [2.24, 2.45) is 0 Å². The van der Waals surface area contributed by atoms with Gasteiger partial charge in [0, 0.05) is 17.8 Å². The minimum atomic E-state index is -0.295. The van der Waals surface area contributed by atoms with Crippen LogP contribution in [0, 0.1) is 13.8 Å². The monoisotopic (exact) mass is 421 g/mol. The SMILES string of the molecule is CCn1ncc(Cl)c1CNC(=O)c1ccn(COc2cc(C)c(Cl)c(C)c2)n1. The normalized spacial score (nSPS) is 10.9. The Kier molecular flexibility index (Phi) is 6.26. The molecule has 0 unspecified atom stereocenters. The number of hydrogen-bond acceptors (Lipinski definition) is 4. The van der Waals surface area contributed by atoms with Crippen molar-refractivity contribution in [3.63, 3.8) is 0 Å². The Morgan fingerprint density at radius 2 is 1.96 bits per heavy atom. The zero-order valence-electron chi connectivity index (χ0n) is 15.9. The molecule has 0 radical (unpaired) electrons. The van der Waals surface area contributed by atoms with Crippen molar-refractivity contribution in [1.82, 2.24) is 24.9 Å². The van der Waals surface area contributed by atoms with Gasteiger partial charge in [-0.3, -0.25) is 9.48 Å². The maximum atomic E-state index is 12.3. The van der Waals surface area contributed by atoms with Gasteiger partial charge in [0.1, 0.15) is 11.4 Å². The summed E-state index contributed by atoms with van der Waals surface area (Å²) in [6.45, 7) is 6.94. The van der Waals surface area contributed by atoms with Gasteiger partial charge in [-0.15, -0.1) is 0 Å². The molecule has 3 rings (SSSR count). The molecule has 148 valence electrons. The smallest absolute Gasteiger partial charge is 0.272 e. The van der Waals surface area contributed by atoms with Crippen LogP contribution in [0.25, 0.3) is 0 Å². The van der Waals surface area contributed by atoms with Crippen molar-refractivity contribution in [1.29, 1.82) is 0 Å². The molecule has 9 heteroatoms. The van der Waals surface area contributed by atoms with Gasteiger partial charge >= 0.3 is 0 Å². The molecule has 0 aliphatic rings. The molecular weight excluding hydrogens is 401 g/mol. The lowest BCUT2D eigenvalue weighted by Gasteiger charge is -2.10. The lowest BCUT2D eigenvalue weighted by molar-refractivity contribution is 0.0943. The molecule has 0 fully saturated rings. The Morgan fingerprint density at radius 3 is 2.64 bits per heavy atom. The first-order valence-corrected chi connectivity index (χ1v) is 9.56. The number of aromatic nitrogens is 4. The number of rotatable bonds is 7. The van der Waals surface area contributed by atoms with E-state index in [1.807, 2.05) is 32.9 Å². The van der Waals surface area contributed by atoms with Crippen LogP contribution >= 0.6 is 23.2 Å². The van der Waals surface area contributed by atoms with E-state index in [0.29, 0.717) is 23.0 Å². The van der Waals surface area contributed by atoms with Gasteiger partial charge in [0.15, 0.2) is 6.73 Å². The number of nitrogens with one attached hydrogen (secondary N) is 1. The minimum absolute atomic E-state index is 0.183. The summed E-state index contributed by atoms with van der Waals surface area (Å²) in [4.78, 5) is 12.3. The molecule has 2 aromatic heterocycles. The quantitative estimate of drug-likeness (QED) is 0.625. The zero-order chi connectivity index (χ0) is 20.3. The summed E-state index contributed by atoms with van der Waals surface area (Å²) < 4.78 is 9.04. The van der Waals surface area contributed by atoms with Crippen LogP contribution in [0.2, 0.25) is 10.0 Å². The Bertz CT molecular complexity index is 973. The van der Waals surface area contributed by atoms with E-state index in [1.165, 1.54) is 0 Å². The van der Waals surface area contributed by atoms with Crippen LogP contribution in [-0.2, 0) is 19.8 Å². The van der Waals surface area contributed by atoms with Crippen LogP contribution in [0.15, 0.2) is 30.6 Å². The van der Waals surface area contributed by atoms with E-state index in [1.54, 1.807) is 27.8 Å². The Balaban J connectivity index is 1.59. The van der Waals surface area contributed by atoms with Crippen molar-refractivity contribution in [2.45, 2.75) is 40.6 Å². The molecule has 0 saturated heterocycles. The average molecular weight is 422 g/mol.